The molecule has 0 saturated heterocycles. The van der Waals surface area contributed by atoms with Gasteiger partial charge in [0.1, 0.15) is 5.78 Å². The zero-order valence-electron chi connectivity index (χ0n) is 16.3. The summed E-state index contributed by atoms with van der Waals surface area (Å²) < 4.78 is 10.2. The van der Waals surface area contributed by atoms with E-state index >= 15 is 0 Å². The van der Waals surface area contributed by atoms with Crippen molar-refractivity contribution >= 4 is 11.8 Å². The summed E-state index contributed by atoms with van der Waals surface area (Å²) in [5, 5.41) is 13.2. The summed E-state index contributed by atoms with van der Waals surface area (Å²) in [4.78, 5) is 25.6. The van der Waals surface area contributed by atoms with Gasteiger partial charge in [-0.1, -0.05) is 26.0 Å². The molecule has 1 aliphatic heterocycles. The topological polar surface area (TPSA) is 84.9 Å². The molecule has 0 radical (unpaired) electrons. The van der Waals surface area contributed by atoms with Gasteiger partial charge in [-0.3, -0.25) is 4.79 Å². The maximum Gasteiger partial charge on any atom is 0.336 e. The number of phenolic OH excluding ortho intramolecular Hbond substituents is 1. The molecule has 1 heterocycles. The number of fused-ring (bicyclic) bond motifs is 1. The van der Waals surface area contributed by atoms with Gasteiger partial charge in [0.15, 0.2) is 11.5 Å². The monoisotopic (exact) mass is 371 g/mol. The second-order valence-corrected chi connectivity index (χ2v) is 7.77. The van der Waals surface area contributed by atoms with Crippen LogP contribution in [0.2, 0.25) is 0 Å². The molecule has 2 aliphatic rings. The molecule has 2 atom stereocenters. The van der Waals surface area contributed by atoms with E-state index in [-0.39, 0.29) is 16.9 Å². The van der Waals surface area contributed by atoms with Gasteiger partial charge in [0.2, 0.25) is 0 Å². The van der Waals surface area contributed by atoms with E-state index in [4.69, 9.17) is 9.47 Å². The fraction of sp³-hybridized carbons (Fsp3) is 0.429. The Labute approximate surface area is 158 Å². The Hall–Kier alpha value is -2.76. The lowest BCUT2D eigenvalue weighted by molar-refractivity contribution is -0.136. The highest BCUT2D eigenvalue weighted by Crippen LogP contribution is 2.47. The van der Waals surface area contributed by atoms with Crippen LogP contribution < -0.4 is 10.1 Å². The first-order valence-electron chi connectivity index (χ1n) is 8.87. The molecule has 1 aromatic rings. The van der Waals surface area contributed by atoms with E-state index in [1.54, 1.807) is 19.1 Å². The van der Waals surface area contributed by atoms with Crippen molar-refractivity contribution in [1.29, 1.82) is 0 Å². The van der Waals surface area contributed by atoms with E-state index in [9.17, 15) is 14.7 Å². The van der Waals surface area contributed by atoms with Gasteiger partial charge in [-0.05, 0) is 30.0 Å². The normalized spacial score (nSPS) is 23.9. The van der Waals surface area contributed by atoms with Gasteiger partial charge < -0.3 is 19.9 Å². The maximum atomic E-state index is 13.1. The SMILES string of the molecule is COC(=O)C1=C(C)NC2=CC(C)(C)CC(=O)C2C1c1ccc(O)c(OC)c1. The summed E-state index contributed by atoms with van der Waals surface area (Å²) in [5.41, 5.74) is 2.34. The average Bonchev–Trinajstić information content (AvgIpc) is 2.59. The fourth-order valence-corrected chi connectivity index (χ4v) is 4.09. The van der Waals surface area contributed by atoms with E-state index in [1.807, 2.05) is 13.8 Å². The molecule has 6 nitrogen and oxygen atoms in total. The number of aromatic hydroxyl groups is 1. The molecule has 0 amide bonds. The quantitative estimate of drug-likeness (QED) is 0.795. The Morgan fingerprint density at radius 1 is 1.26 bits per heavy atom. The number of benzene rings is 1. The lowest BCUT2D eigenvalue weighted by Crippen LogP contribution is -2.43. The number of ether oxygens (including phenoxy) is 2. The standard InChI is InChI=1S/C21H25NO5/c1-11-17(20(25)27-5)18(12-6-7-14(23)16(8-12)26-4)19-13(22-11)9-21(2,3)10-15(19)24/h6-9,18-19,22-23H,10H2,1-5H3. The number of carbonyl (C=O) groups excluding carboxylic acids is 2. The summed E-state index contributed by atoms with van der Waals surface area (Å²) in [6, 6.07) is 4.90. The van der Waals surface area contributed by atoms with Crippen LogP contribution in [0.5, 0.6) is 11.5 Å². The van der Waals surface area contributed by atoms with Crippen molar-refractivity contribution in [1.82, 2.24) is 5.32 Å². The van der Waals surface area contributed by atoms with Crippen molar-refractivity contribution in [3.8, 4) is 11.5 Å². The fourth-order valence-electron chi connectivity index (χ4n) is 4.09. The smallest absolute Gasteiger partial charge is 0.336 e. The molecule has 1 aromatic carbocycles. The average molecular weight is 371 g/mol. The number of phenols is 1. The third-order valence-corrected chi connectivity index (χ3v) is 5.21. The van der Waals surface area contributed by atoms with Gasteiger partial charge in [-0.15, -0.1) is 0 Å². The predicted molar refractivity (Wildman–Crippen MR) is 100 cm³/mol. The van der Waals surface area contributed by atoms with Crippen LogP contribution in [0.25, 0.3) is 0 Å². The molecule has 2 unspecified atom stereocenters. The number of allylic oxidation sites excluding steroid dienone is 3. The minimum atomic E-state index is -0.511. The van der Waals surface area contributed by atoms with Crippen LogP contribution in [0, 0.1) is 11.3 Å². The van der Waals surface area contributed by atoms with Gasteiger partial charge in [-0.25, -0.2) is 4.79 Å². The number of Topliss-reactive ketones (excluding diaryl/α,β-unsaturated/α-hetero) is 1. The third kappa shape index (κ3) is 3.31. The van der Waals surface area contributed by atoms with Crippen molar-refractivity contribution in [2.45, 2.75) is 33.1 Å². The zero-order valence-corrected chi connectivity index (χ0v) is 16.3. The first-order chi connectivity index (χ1) is 12.7. The lowest BCUT2D eigenvalue weighted by Gasteiger charge is -2.41. The maximum absolute atomic E-state index is 13.1. The number of hydrogen-bond acceptors (Lipinski definition) is 6. The molecule has 0 spiro atoms. The van der Waals surface area contributed by atoms with Gasteiger partial charge in [0.25, 0.3) is 0 Å². The molecule has 2 N–H and O–H groups in total. The van der Waals surface area contributed by atoms with Crippen molar-refractivity contribution in [2.75, 3.05) is 14.2 Å². The van der Waals surface area contributed by atoms with E-state index in [0.717, 1.165) is 11.3 Å². The number of methoxy groups -OCH3 is 2. The highest BCUT2D eigenvalue weighted by Gasteiger charge is 2.46. The van der Waals surface area contributed by atoms with Crippen LogP contribution in [-0.4, -0.2) is 31.1 Å². The molecule has 0 aromatic heterocycles. The van der Waals surface area contributed by atoms with Crippen molar-refractivity contribution < 1.29 is 24.2 Å². The van der Waals surface area contributed by atoms with Gasteiger partial charge in [0, 0.05) is 23.7 Å². The second kappa shape index (κ2) is 6.76. The minimum absolute atomic E-state index is 0.00220. The van der Waals surface area contributed by atoms with Gasteiger partial charge in [0.05, 0.1) is 25.7 Å². The van der Waals surface area contributed by atoms with Crippen molar-refractivity contribution in [3.05, 3.63) is 46.8 Å². The number of hydrogen-bond donors (Lipinski definition) is 2. The number of esters is 1. The first-order valence-corrected chi connectivity index (χ1v) is 8.87. The molecule has 0 saturated carbocycles. The van der Waals surface area contributed by atoms with E-state index in [1.165, 1.54) is 20.3 Å². The van der Waals surface area contributed by atoms with E-state index in [2.05, 4.69) is 11.4 Å². The number of rotatable bonds is 3. The molecule has 0 fully saturated rings. The second-order valence-electron chi connectivity index (χ2n) is 7.77. The molecular weight excluding hydrogens is 346 g/mol. The van der Waals surface area contributed by atoms with Crippen LogP contribution in [0.15, 0.2) is 41.2 Å². The highest BCUT2D eigenvalue weighted by molar-refractivity contribution is 5.96. The van der Waals surface area contributed by atoms with E-state index in [0.29, 0.717) is 23.4 Å². The highest BCUT2D eigenvalue weighted by atomic mass is 16.5. The Morgan fingerprint density at radius 2 is 1.96 bits per heavy atom. The molecule has 144 valence electrons. The Balaban J connectivity index is 2.23. The first kappa shape index (κ1) is 19.0. The lowest BCUT2D eigenvalue weighted by atomic mass is 9.66. The van der Waals surface area contributed by atoms with Gasteiger partial charge >= 0.3 is 5.97 Å². The number of nitrogens with one attached hydrogen (secondary N) is 1. The summed E-state index contributed by atoms with van der Waals surface area (Å²) >= 11 is 0. The summed E-state index contributed by atoms with van der Waals surface area (Å²) in [5.74, 6) is -1.14. The van der Waals surface area contributed by atoms with Crippen molar-refractivity contribution in [3.63, 3.8) is 0 Å². The summed E-state index contributed by atoms with van der Waals surface area (Å²) in [7, 11) is 2.79. The van der Waals surface area contributed by atoms with Crippen LogP contribution in [-0.2, 0) is 14.3 Å². The van der Waals surface area contributed by atoms with Crippen LogP contribution >= 0.6 is 0 Å². The molecule has 6 heteroatoms. The molecule has 27 heavy (non-hydrogen) atoms. The Bertz CT molecular complexity index is 865. The number of carbonyl (C=O) groups is 2. The van der Waals surface area contributed by atoms with Crippen LogP contribution in [0.4, 0.5) is 0 Å². The molecule has 3 rings (SSSR count). The summed E-state index contributed by atoms with van der Waals surface area (Å²) in [6.45, 7) is 5.84. The molecule has 0 bridgehead atoms. The third-order valence-electron chi connectivity index (χ3n) is 5.21. The molecule has 1 aliphatic carbocycles. The van der Waals surface area contributed by atoms with Gasteiger partial charge in [-0.2, -0.15) is 0 Å². The number of ketones is 1. The molecular formula is C21H25NO5. The largest absolute Gasteiger partial charge is 0.504 e. The van der Waals surface area contributed by atoms with Crippen LogP contribution in [0.3, 0.4) is 0 Å². The summed E-state index contributed by atoms with van der Waals surface area (Å²) in [6.07, 6.45) is 2.46. The Kier molecular flexibility index (Phi) is 4.76. The Morgan fingerprint density at radius 3 is 2.59 bits per heavy atom. The predicted octanol–water partition coefficient (Wildman–Crippen LogP) is 3.03. The van der Waals surface area contributed by atoms with Crippen LogP contribution in [0.1, 0.15) is 38.7 Å². The van der Waals surface area contributed by atoms with E-state index < -0.39 is 17.8 Å². The zero-order chi connectivity index (χ0) is 19.9. The minimum Gasteiger partial charge on any atom is -0.504 e. The van der Waals surface area contributed by atoms with Crippen molar-refractivity contribution in [2.24, 2.45) is 11.3 Å².